The maximum absolute atomic E-state index is 12.5. The molecular weight excluding hydrogens is 750 g/mol. The predicted molar refractivity (Wildman–Crippen MR) is 207 cm³/mol. The highest BCUT2D eigenvalue weighted by Crippen LogP contribution is 2.08. The number of urea groups is 1. The number of hydrogen-bond donors (Lipinski definition) is 11. The van der Waals surface area contributed by atoms with Gasteiger partial charge in [0.1, 0.15) is 24.2 Å². The zero-order chi connectivity index (χ0) is 43.0. The molecule has 0 aliphatic rings. The molecule has 0 rings (SSSR count). The van der Waals surface area contributed by atoms with Crippen molar-refractivity contribution in [2.45, 2.75) is 153 Å². The van der Waals surface area contributed by atoms with Crippen LogP contribution in [0.3, 0.4) is 0 Å². The van der Waals surface area contributed by atoms with Crippen molar-refractivity contribution in [2.75, 3.05) is 26.7 Å². The van der Waals surface area contributed by atoms with Gasteiger partial charge in [-0.15, -0.1) is 0 Å². The summed E-state index contributed by atoms with van der Waals surface area (Å²) in [5, 5.41) is 54.9. The molecule has 20 heteroatoms. The fraction of sp³-hybridized carbons (Fsp3) is 0.757. The minimum Gasteiger partial charge on any atom is -0.481 e. The summed E-state index contributed by atoms with van der Waals surface area (Å²) in [5.74, 6) is -6.25. The van der Waals surface area contributed by atoms with Crippen LogP contribution in [0, 0.1) is 0 Å². The van der Waals surface area contributed by atoms with Gasteiger partial charge in [0.15, 0.2) is 0 Å². The molecule has 0 bridgehead atoms. The van der Waals surface area contributed by atoms with E-state index in [2.05, 4.69) is 37.2 Å². The van der Waals surface area contributed by atoms with Crippen molar-refractivity contribution in [1.82, 2.24) is 37.2 Å². The van der Waals surface area contributed by atoms with E-state index in [-0.39, 0.29) is 56.4 Å². The molecule has 11 N–H and O–H groups in total. The molecule has 0 aliphatic heterocycles. The Hall–Kier alpha value is -5.01. The summed E-state index contributed by atoms with van der Waals surface area (Å²) in [7, 11) is 1.87. The highest BCUT2D eigenvalue weighted by atomic mass is 16.4. The number of unbranched alkanes of at least 4 members (excludes halogenated alkanes) is 7. The van der Waals surface area contributed by atoms with Crippen LogP contribution in [0.4, 0.5) is 4.79 Å². The van der Waals surface area contributed by atoms with Gasteiger partial charge in [0.25, 0.3) is 0 Å². The Morgan fingerprint density at radius 2 is 0.860 bits per heavy atom. The molecule has 0 saturated heterocycles. The van der Waals surface area contributed by atoms with Crippen LogP contribution in [0.1, 0.15) is 129 Å². The van der Waals surface area contributed by atoms with E-state index in [4.69, 9.17) is 10.2 Å². The van der Waals surface area contributed by atoms with Gasteiger partial charge in [0.2, 0.25) is 23.6 Å². The molecule has 0 aromatic rings. The Morgan fingerprint density at radius 3 is 1.33 bits per heavy atom. The lowest BCUT2D eigenvalue weighted by atomic mass is 10.1. The maximum Gasteiger partial charge on any atom is 0.326 e. The first-order valence-electron chi connectivity index (χ1n) is 19.9. The van der Waals surface area contributed by atoms with Crippen molar-refractivity contribution < 1.29 is 63.6 Å². The summed E-state index contributed by atoms with van der Waals surface area (Å²) in [6, 6.07) is -5.59. The van der Waals surface area contributed by atoms with Crippen molar-refractivity contribution in [3.05, 3.63) is 0 Å². The Labute approximate surface area is 333 Å². The molecular formula is C37H65N7O13. The number of aliphatic carboxylic acids is 4. The van der Waals surface area contributed by atoms with Gasteiger partial charge in [-0.1, -0.05) is 26.2 Å². The van der Waals surface area contributed by atoms with E-state index in [1.807, 2.05) is 7.05 Å². The van der Waals surface area contributed by atoms with Gasteiger partial charge in [0.05, 0.1) is 0 Å². The molecule has 4 atom stereocenters. The third-order valence-electron chi connectivity index (χ3n) is 8.90. The lowest BCUT2D eigenvalue weighted by molar-refractivity contribution is -0.142. The molecule has 0 fully saturated rings. The first-order valence-corrected chi connectivity index (χ1v) is 19.9. The minimum atomic E-state index is -1.50. The number of carboxylic acids is 4. The molecule has 0 radical (unpaired) electrons. The van der Waals surface area contributed by atoms with Gasteiger partial charge < -0.3 is 57.6 Å². The van der Waals surface area contributed by atoms with E-state index in [1.54, 1.807) is 6.92 Å². The first-order chi connectivity index (χ1) is 27.1. The zero-order valence-electron chi connectivity index (χ0n) is 33.3. The Morgan fingerprint density at radius 1 is 0.439 bits per heavy atom. The molecule has 0 aromatic carbocycles. The van der Waals surface area contributed by atoms with Crippen LogP contribution in [0.2, 0.25) is 0 Å². The second-order valence-corrected chi connectivity index (χ2v) is 13.8. The lowest BCUT2D eigenvalue weighted by Gasteiger charge is -2.18. The van der Waals surface area contributed by atoms with Crippen LogP contribution in [0.25, 0.3) is 0 Å². The summed E-state index contributed by atoms with van der Waals surface area (Å²) in [6.07, 6.45) is 7.19. The molecule has 0 aliphatic carbocycles. The summed E-state index contributed by atoms with van der Waals surface area (Å²) in [5.41, 5.74) is 0. The number of carbonyl (C=O) groups excluding carboxylic acids is 5. The van der Waals surface area contributed by atoms with Crippen molar-refractivity contribution in [2.24, 2.45) is 0 Å². The molecule has 0 saturated carbocycles. The van der Waals surface area contributed by atoms with Crippen LogP contribution in [0.15, 0.2) is 0 Å². The fourth-order valence-corrected chi connectivity index (χ4v) is 5.57. The SMILES string of the molecule is CCC(NC(=O)CCCCCNC)C(=O)NCCCCC(NC(=O)CCCCCCC(=O)NCCCC[C@H](NC(=O)N[C@@H](CCC(=O)O)C(=O)O)C(=O)O)C(=O)O. The van der Waals surface area contributed by atoms with Gasteiger partial charge in [0, 0.05) is 38.8 Å². The fourth-order valence-electron chi connectivity index (χ4n) is 5.57. The second-order valence-electron chi connectivity index (χ2n) is 13.8. The molecule has 0 spiro atoms. The van der Waals surface area contributed by atoms with Gasteiger partial charge in [-0.2, -0.15) is 0 Å². The largest absolute Gasteiger partial charge is 0.481 e. The quantitative estimate of drug-likeness (QED) is 0.0401. The molecule has 57 heavy (non-hydrogen) atoms. The van der Waals surface area contributed by atoms with Gasteiger partial charge in [-0.25, -0.2) is 19.2 Å². The number of nitrogens with one attached hydrogen (secondary N) is 7. The van der Waals surface area contributed by atoms with Crippen LogP contribution in [-0.2, 0) is 38.4 Å². The third kappa shape index (κ3) is 28.1. The number of amides is 6. The molecule has 326 valence electrons. The number of rotatable bonds is 35. The zero-order valence-corrected chi connectivity index (χ0v) is 33.3. The number of carboxylic acid groups (broad SMARTS) is 4. The Kier molecular flexibility index (Phi) is 29.3. The average molecular weight is 816 g/mol. The van der Waals surface area contributed by atoms with E-state index in [0.717, 1.165) is 25.8 Å². The Bertz CT molecular complexity index is 1280. The smallest absolute Gasteiger partial charge is 0.326 e. The standard InChI is InChI=1S/C37H65N7O13/c1-3-25(41-30(46)19-9-6-12-22-38-2)33(50)40-24-14-11-15-26(34(51)52)42-31(47)18-8-5-4-7-17-29(45)39-23-13-10-16-27(35(53)54)43-37(57)44-28(36(55)56)20-21-32(48)49/h25-28,38H,3-24H2,1-2H3,(H,39,45)(H,40,50)(H,41,46)(H,42,47)(H,48,49)(H,51,52)(H,53,54)(H,55,56)(H2,43,44,57)/t25?,26?,27-,28-/m0/s1. The van der Waals surface area contributed by atoms with E-state index in [9.17, 15) is 53.4 Å². The van der Waals surface area contributed by atoms with Gasteiger partial charge in [-0.3, -0.25) is 24.0 Å². The third-order valence-corrected chi connectivity index (χ3v) is 8.90. The highest BCUT2D eigenvalue weighted by Gasteiger charge is 2.25. The van der Waals surface area contributed by atoms with Gasteiger partial charge >= 0.3 is 29.9 Å². The summed E-state index contributed by atoms with van der Waals surface area (Å²) < 4.78 is 0. The topological polar surface area (TPSA) is 319 Å². The summed E-state index contributed by atoms with van der Waals surface area (Å²) in [4.78, 5) is 106. The molecule has 20 nitrogen and oxygen atoms in total. The monoisotopic (exact) mass is 815 g/mol. The molecule has 0 aromatic heterocycles. The van der Waals surface area contributed by atoms with Crippen LogP contribution >= 0.6 is 0 Å². The molecule has 2 unspecified atom stereocenters. The minimum absolute atomic E-state index is 0.00663. The van der Waals surface area contributed by atoms with Crippen LogP contribution < -0.4 is 37.2 Å². The summed E-state index contributed by atoms with van der Waals surface area (Å²) >= 11 is 0. The number of hydrogen-bond acceptors (Lipinski definition) is 10. The normalized spacial score (nSPS) is 12.9. The second kappa shape index (κ2) is 32.1. The first kappa shape index (κ1) is 52.0. The van der Waals surface area contributed by atoms with Crippen LogP contribution in [-0.4, -0.2) is 125 Å². The Balaban J connectivity index is 4.19. The van der Waals surface area contributed by atoms with Gasteiger partial charge in [-0.05, 0) is 90.6 Å². The van der Waals surface area contributed by atoms with Crippen molar-refractivity contribution in [3.8, 4) is 0 Å². The van der Waals surface area contributed by atoms with E-state index < -0.39 is 66.4 Å². The van der Waals surface area contributed by atoms with Crippen LogP contribution in [0.5, 0.6) is 0 Å². The summed E-state index contributed by atoms with van der Waals surface area (Å²) in [6.45, 7) is 3.27. The maximum atomic E-state index is 12.5. The lowest BCUT2D eigenvalue weighted by Crippen LogP contribution is -2.51. The molecule has 0 heterocycles. The highest BCUT2D eigenvalue weighted by molar-refractivity contribution is 5.88. The van der Waals surface area contributed by atoms with Crippen molar-refractivity contribution in [3.63, 3.8) is 0 Å². The van der Waals surface area contributed by atoms with Crippen molar-refractivity contribution in [1.29, 1.82) is 0 Å². The predicted octanol–water partition coefficient (Wildman–Crippen LogP) is 1.21. The van der Waals surface area contributed by atoms with E-state index in [1.165, 1.54) is 0 Å². The van der Waals surface area contributed by atoms with E-state index in [0.29, 0.717) is 70.8 Å². The molecule has 6 amide bonds. The van der Waals surface area contributed by atoms with Crippen molar-refractivity contribution >= 4 is 53.5 Å². The number of carbonyl (C=O) groups is 9. The average Bonchev–Trinajstić information content (AvgIpc) is 3.14. The van der Waals surface area contributed by atoms with E-state index >= 15 is 0 Å².